The van der Waals surface area contributed by atoms with Gasteiger partial charge in [-0.25, -0.2) is 4.39 Å². The minimum absolute atomic E-state index is 0.0529. The van der Waals surface area contributed by atoms with Crippen LogP contribution in [0.3, 0.4) is 0 Å². The van der Waals surface area contributed by atoms with Crippen molar-refractivity contribution in [2.75, 3.05) is 11.9 Å². The Bertz CT molecular complexity index is 614. The van der Waals surface area contributed by atoms with Crippen LogP contribution >= 0.6 is 23.8 Å². The Hall–Kier alpha value is -1.65. The molecule has 0 amide bonds. The van der Waals surface area contributed by atoms with Crippen LogP contribution in [-0.4, -0.2) is 11.5 Å². The average molecular weight is 309 g/mol. The molecule has 0 aliphatic carbocycles. The third-order valence-corrected chi connectivity index (χ3v) is 3.36. The molecular formula is C15H14ClFN2S. The van der Waals surface area contributed by atoms with Gasteiger partial charge in [-0.05, 0) is 36.2 Å². The highest BCUT2D eigenvalue weighted by atomic mass is 35.5. The van der Waals surface area contributed by atoms with Gasteiger partial charge in [-0.15, -0.1) is 0 Å². The predicted molar refractivity (Wildman–Crippen MR) is 85.9 cm³/mol. The van der Waals surface area contributed by atoms with Crippen LogP contribution in [-0.2, 0) is 6.42 Å². The zero-order valence-electron chi connectivity index (χ0n) is 10.7. The van der Waals surface area contributed by atoms with Gasteiger partial charge < -0.3 is 11.1 Å². The molecule has 0 radical (unpaired) electrons. The summed E-state index contributed by atoms with van der Waals surface area (Å²) in [6, 6.07) is 12.4. The highest BCUT2D eigenvalue weighted by molar-refractivity contribution is 7.80. The molecule has 5 heteroatoms. The van der Waals surface area contributed by atoms with E-state index in [1.165, 1.54) is 6.07 Å². The minimum atomic E-state index is -0.408. The Kier molecular flexibility index (Phi) is 4.93. The fourth-order valence-electron chi connectivity index (χ4n) is 1.91. The van der Waals surface area contributed by atoms with Gasteiger partial charge in [-0.2, -0.15) is 0 Å². The first-order valence-corrected chi connectivity index (χ1v) is 6.93. The normalized spacial score (nSPS) is 10.3. The van der Waals surface area contributed by atoms with E-state index in [2.05, 4.69) is 5.32 Å². The van der Waals surface area contributed by atoms with Crippen molar-refractivity contribution in [3.8, 4) is 0 Å². The Morgan fingerprint density at radius 1 is 1.20 bits per heavy atom. The highest BCUT2D eigenvalue weighted by Crippen LogP contribution is 2.19. The van der Waals surface area contributed by atoms with Gasteiger partial charge in [-0.1, -0.05) is 42.0 Å². The smallest absolute Gasteiger partial charge is 0.135 e. The number of hydrogen-bond acceptors (Lipinski definition) is 2. The standard InChI is InChI=1S/C15H14ClFN2S/c16-11-6-4-10(5-7-11)8-9-19-13-3-1-2-12(17)14(13)15(18)20/h1-7,19H,8-9H2,(H2,18,20). The van der Waals surface area contributed by atoms with Crippen LogP contribution in [0.25, 0.3) is 0 Å². The van der Waals surface area contributed by atoms with Gasteiger partial charge >= 0.3 is 0 Å². The van der Waals surface area contributed by atoms with E-state index in [0.29, 0.717) is 17.3 Å². The number of nitrogens with two attached hydrogens (primary N) is 1. The van der Waals surface area contributed by atoms with Crippen molar-refractivity contribution in [3.05, 3.63) is 64.4 Å². The van der Waals surface area contributed by atoms with E-state index < -0.39 is 5.82 Å². The second kappa shape index (κ2) is 6.68. The van der Waals surface area contributed by atoms with Crippen molar-refractivity contribution in [2.45, 2.75) is 6.42 Å². The third-order valence-electron chi connectivity index (χ3n) is 2.90. The fraction of sp³-hybridized carbons (Fsp3) is 0.133. The quantitative estimate of drug-likeness (QED) is 0.826. The van der Waals surface area contributed by atoms with E-state index in [1.54, 1.807) is 12.1 Å². The molecule has 2 aromatic rings. The van der Waals surface area contributed by atoms with E-state index in [1.807, 2.05) is 24.3 Å². The first-order valence-electron chi connectivity index (χ1n) is 6.14. The first-order chi connectivity index (χ1) is 9.58. The van der Waals surface area contributed by atoms with Gasteiger partial charge in [0.15, 0.2) is 0 Å². The van der Waals surface area contributed by atoms with Crippen molar-refractivity contribution in [2.24, 2.45) is 5.73 Å². The summed E-state index contributed by atoms with van der Waals surface area (Å²) >= 11 is 10.7. The molecule has 0 aliphatic heterocycles. The molecule has 0 saturated carbocycles. The van der Waals surface area contributed by atoms with E-state index in [9.17, 15) is 4.39 Å². The monoisotopic (exact) mass is 308 g/mol. The molecule has 2 aromatic carbocycles. The summed E-state index contributed by atoms with van der Waals surface area (Å²) in [5.74, 6) is -0.408. The molecule has 0 fully saturated rings. The summed E-state index contributed by atoms with van der Waals surface area (Å²) in [6.45, 7) is 0.653. The lowest BCUT2D eigenvalue weighted by atomic mass is 10.1. The number of hydrogen-bond donors (Lipinski definition) is 2. The maximum absolute atomic E-state index is 13.7. The van der Waals surface area contributed by atoms with E-state index in [0.717, 1.165) is 12.0 Å². The summed E-state index contributed by atoms with van der Waals surface area (Å²) in [5.41, 5.74) is 7.58. The predicted octanol–water partition coefficient (Wildman–Crippen LogP) is 3.77. The Morgan fingerprint density at radius 2 is 1.90 bits per heavy atom. The summed E-state index contributed by atoms with van der Waals surface area (Å²) in [7, 11) is 0. The number of halogens is 2. The average Bonchev–Trinajstić information content (AvgIpc) is 2.40. The largest absolute Gasteiger partial charge is 0.389 e. The topological polar surface area (TPSA) is 38.0 Å². The number of anilines is 1. The van der Waals surface area contributed by atoms with Gasteiger partial charge in [0.1, 0.15) is 10.8 Å². The molecule has 0 saturated heterocycles. The first kappa shape index (κ1) is 14.8. The third kappa shape index (κ3) is 3.68. The molecule has 0 unspecified atom stereocenters. The zero-order chi connectivity index (χ0) is 14.5. The molecule has 0 aromatic heterocycles. The molecule has 20 heavy (non-hydrogen) atoms. The SMILES string of the molecule is NC(=S)c1c(F)cccc1NCCc1ccc(Cl)cc1. The van der Waals surface area contributed by atoms with Crippen LogP contribution < -0.4 is 11.1 Å². The highest BCUT2D eigenvalue weighted by Gasteiger charge is 2.10. The molecule has 3 N–H and O–H groups in total. The van der Waals surface area contributed by atoms with Crippen LogP contribution in [0.1, 0.15) is 11.1 Å². The van der Waals surface area contributed by atoms with E-state index in [-0.39, 0.29) is 10.6 Å². The van der Waals surface area contributed by atoms with Crippen LogP contribution in [0.5, 0.6) is 0 Å². The van der Waals surface area contributed by atoms with Gasteiger partial charge in [0.2, 0.25) is 0 Å². The number of benzene rings is 2. The second-order valence-electron chi connectivity index (χ2n) is 4.33. The van der Waals surface area contributed by atoms with Gasteiger partial charge in [-0.3, -0.25) is 0 Å². The summed E-state index contributed by atoms with van der Waals surface area (Å²) < 4.78 is 13.7. The molecule has 0 heterocycles. The zero-order valence-corrected chi connectivity index (χ0v) is 12.3. The number of rotatable bonds is 5. The molecule has 0 bridgehead atoms. The minimum Gasteiger partial charge on any atom is -0.389 e. The van der Waals surface area contributed by atoms with Gasteiger partial charge in [0.05, 0.1) is 5.56 Å². The van der Waals surface area contributed by atoms with Crippen LogP contribution in [0.15, 0.2) is 42.5 Å². The Labute approximate surface area is 127 Å². The second-order valence-corrected chi connectivity index (χ2v) is 5.21. The van der Waals surface area contributed by atoms with Gasteiger partial charge in [0.25, 0.3) is 0 Å². The van der Waals surface area contributed by atoms with E-state index >= 15 is 0 Å². The van der Waals surface area contributed by atoms with Gasteiger partial charge in [0, 0.05) is 17.3 Å². The number of thiocarbonyl (C=S) groups is 1. The van der Waals surface area contributed by atoms with Crippen LogP contribution in [0, 0.1) is 5.82 Å². The maximum Gasteiger partial charge on any atom is 0.135 e. The van der Waals surface area contributed by atoms with Crippen molar-refractivity contribution in [3.63, 3.8) is 0 Å². The van der Waals surface area contributed by atoms with E-state index in [4.69, 9.17) is 29.6 Å². The van der Waals surface area contributed by atoms with Crippen molar-refractivity contribution in [1.29, 1.82) is 0 Å². The van der Waals surface area contributed by atoms with Crippen LogP contribution in [0.2, 0.25) is 5.02 Å². The Morgan fingerprint density at radius 3 is 2.55 bits per heavy atom. The lowest BCUT2D eigenvalue weighted by molar-refractivity contribution is 0.626. The molecule has 0 atom stereocenters. The van der Waals surface area contributed by atoms with Crippen molar-refractivity contribution >= 4 is 34.5 Å². The van der Waals surface area contributed by atoms with Crippen molar-refractivity contribution < 1.29 is 4.39 Å². The van der Waals surface area contributed by atoms with Crippen LogP contribution in [0.4, 0.5) is 10.1 Å². The fourth-order valence-corrected chi connectivity index (χ4v) is 2.25. The molecule has 0 spiro atoms. The molecule has 2 rings (SSSR count). The summed E-state index contributed by atoms with van der Waals surface area (Å²) in [4.78, 5) is 0.0529. The van der Waals surface area contributed by atoms with Crippen molar-refractivity contribution in [1.82, 2.24) is 0 Å². The maximum atomic E-state index is 13.7. The summed E-state index contributed by atoms with van der Waals surface area (Å²) in [6.07, 6.45) is 0.796. The molecular weight excluding hydrogens is 295 g/mol. The molecule has 104 valence electrons. The lowest BCUT2D eigenvalue weighted by Gasteiger charge is -2.12. The number of nitrogens with one attached hydrogen (secondary N) is 1. The Balaban J connectivity index is 2.02. The molecule has 2 nitrogen and oxygen atoms in total. The summed E-state index contributed by atoms with van der Waals surface area (Å²) in [5, 5.41) is 3.87. The molecule has 0 aliphatic rings. The lowest BCUT2D eigenvalue weighted by Crippen LogP contribution is -2.16.